The average molecular weight is 477 g/mol. The van der Waals surface area contributed by atoms with Crippen molar-refractivity contribution in [2.75, 3.05) is 13.1 Å². The van der Waals surface area contributed by atoms with E-state index in [9.17, 15) is 24.9 Å². The number of aromatic hydroxyl groups is 2. The van der Waals surface area contributed by atoms with Gasteiger partial charge in [0.15, 0.2) is 11.5 Å². The SMILES string of the molecule is O=C1c2ccccc2C(=O)N1C1CCC2(O)C(CCN(CC3CC3)[C@@H]2Cc2ccc(O)c(O)c2)C1. The molecule has 3 fully saturated rings. The van der Waals surface area contributed by atoms with Crippen LogP contribution in [0.5, 0.6) is 11.5 Å². The molecule has 7 nitrogen and oxygen atoms in total. The van der Waals surface area contributed by atoms with Crippen molar-refractivity contribution < 1.29 is 24.9 Å². The highest BCUT2D eigenvalue weighted by molar-refractivity contribution is 6.21. The number of likely N-dealkylation sites (tertiary alicyclic amines) is 1. The summed E-state index contributed by atoms with van der Waals surface area (Å²) in [6.45, 7) is 1.83. The molecule has 2 saturated carbocycles. The Bertz CT molecular complexity index is 1140. The lowest BCUT2D eigenvalue weighted by Crippen LogP contribution is -2.65. The van der Waals surface area contributed by atoms with Crippen molar-refractivity contribution in [1.82, 2.24) is 9.80 Å². The topological polar surface area (TPSA) is 101 Å². The molecule has 6 rings (SSSR count). The number of phenolic OH excluding ortho intramolecular Hbond substituents is 2. The minimum Gasteiger partial charge on any atom is -0.504 e. The van der Waals surface area contributed by atoms with E-state index in [0.717, 1.165) is 25.1 Å². The summed E-state index contributed by atoms with van der Waals surface area (Å²) in [5.41, 5.74) is 0.892. The third-order valence-electron chi connectivity index (χ3n) is 8.77. The number of benzene rings is 2. The van der Waals surface area contributed by atoms with E-state index in [2.05, 4.69) is 4.90 Å². The summed E-state index contributed by atoms with van der Waals surface area (Å²) < 4.78 is 0. The highest BCUT2D eigenvalue weighted by atomic mass is 16.3. The van der Waals surface area contributed by atoms with E-state index in [4.69, 9.17) is 0 Å². The Hall–Kier alpha value is -2.90. The summed E-state index contributed by atoms with van der Waals surface area (Å²) in [5.74, 6) is -0.0702. The first kappa shape index (κ1) is 22.6. The number of carbonyl (C=O) groups excluding carboxylic acids is 2. The summed E-state index contributed by atoms with van der Waals surface area (Å²) in [5, 5.41) is 31.9. The minimum absolute atomic E-state index is 0.0169. The number of fused-ring (bicyclic) bond motifs is 2. The fourth-order valence-corrected chi connectivity index (χ4v) is 6.70. The molecule has 2 aromatic carbocycles. The fourth-order valence-electron chi connectivity index (χ4n) is 6.70. The first-order valence-electron chi connectivity index (χ1n) is 12.8. The van der Waals surface area contributed by atoms with Crippen LogP contribution in [0, 0.1) is 11.8 Å². The van der Waals surface area contributed by atoms with Gasteiger partial charge in [0.2, 0.25) is 0 Å². The maximum Gasteiger partial charge on any atom is 0.261 e. The van der Waals surface area contributed by atoms with Gasteiger partial charge in [0.25, 0.3) is 11.8 Å². The Morgan fingerprint density at radius 1 is 0.914 bits per heavy atom. The van der Waals surface area contributed by atoms with Crippen molar-refractivity contribution in [2.24, 2.45) is 11.8 Å². The summed E-state index contributed by atoms with van der Waals surface area (Å²) >= 11 is 0. The number of aliphatic hydroxyl groups is 1. The number of nitrogens with zero attached hydrogens (tertiary/aromatic N) is 2. The summed E-state index contributed by atoms with van der Waals surface area (Å²) in [6.07, 6.45) is 5.57. The lowest BCUT2D eigenvalue weighted by atomic mass is 9.64. The zero-order valence-electron chi connectivity index (χ0n) is 19.8. The molecule has 0 radical (unpaired) electrons. The van der Waals surface area contributed by atoms with Gasteiger partial charge in [-0.2, -0.15) is 0 Å². The van der Waals surface area contributed by atoms with Crippen LogP contribution in [0.2, 0.25) is 0 Å². The van der Waals surface area contributed by atoms with Crippen molar-refractivity contribution in [3.63, 3.8) is 0 Å². The van der Waals surface area contributed by atoms with Crippen LogP contribution in [-0.4, -0.2) is 67.7 Å². The molecule has 2 aliphatic heterocycles. The molecule has 184 valence electrons. The van der Waals surface area contributed by atoms with Gasteiger partial charge in [-0.1, -0.05) is 18.2 Å². The van der Waals surface area contributed by atoms with E-state index >= 15 is 0 Å². The highest BCUT2D eigenvalue weighted by Crippen LogP contribution is 2.47. The maximum atomic E-state index is 13.1. The second-order valence-electron chi connectivity index (χ2n) is 10.9. The summed E-state index contributed by atoms with van der Waals surface area (Å²) in [4.78, 5) is 30.0. The molecule has 4 aliphatic rings. The number of hydrogen-bond acceptors (Lipinski definition) is 6. The van der Waals surface area contributed by atoms with Crippen molar-refractivity contribution in [3.8, 4) is 11.5 Å². The molecule has 1 saturated heterocycles. The average Bonchev–Trinajstić information content (AvgIpc) is 3.63. The number of hydrogen-bond donors (Lipinski definition) is 3. The zero-order chi connectivity index (χ0) is 24.3. The van der Waals surface area contributed by atoms with Gasteiger partial charge in [-0.3, -0.25) is 19.4 Å². The highest BCUT2D eigenvalue weighted by Gasteiger charge is 2.54. The van der Waals surface area contributed by atoms with Gasteiger partial charge in [-0.15, -0.1) is 0 Å². The zero-order valence-corrected chi connectivity index (χ0v) is 19.8. The summed E-state index contributed by atoms with van der Waals surface area (Å²) in [7, 11) is 0. The van der Waals surface area contributed by atoms with E-state index in [1.165, 1.54) is 23.8 Å². The van der Waals surface area contributed by atoms with Crippen LogP contribution < -0.4 is 0 Å². The van der Waals surface area contributed by atoms with E-state index in [1.807, 2.05) is 6.07 Å². The van der Waals surface area contributed by atoms with Crippen molar-refractivity contribution >= 4 is 11.8 Å². The predicted octanol–water partition coefficient (Wildman–Crippen LogP) is 3.32. The van der Waals surface area contributed by atoms with Crippen LogP contribution >= 0.6 is 0 Å². The molecule has 0 aromatic heterocycles. The fraction of sp³-hybridized carbons (Fsp3) is 0.500. The Morgan fingerprint density at radius 2 is 1.63 bits per heavy atom. The quantitative estimate of drug-likeness (QED) is 0.452. The van der Waals surface area contributed by atoms with E-state index < -0.39 is 5.60 Å². The van der Waals surface area contributed by atoms with Gasteiger partial charge >= 0.3 is 0 Å². The molecule has 4 atom stereocenters. The molecule has 7 heteroatoms. The largest absolute Gasteiger partial charge is 0.504 e. The second kappa shape index (κ2) is 8.35. The smallest absolute Gasteiger partial charge is 0.261 e. The van der Waals surface area contributed by atoms with Crippen LogP contribution in [0.4, 0.5) is 0 Å². The number of phenols is 2. The Balaban J connectivity index is 1.25. The molecule has 0 spiro atoms. The van der Waals surface area contributed by atoms with Gasteiger partial charge in [-0.25, -0.2) is 0 Å². The second-order valence-corrected chi connectivity index (χ2v) is 10.9. The van der Waals surface area contributed by atoms with Gasteiger partial charge in [-0.05, 0) is 93.2 Å². The molecule has 0 bridgehead atoms. The Kier molecular flexibility index (Phi) is 5.38. The standard InChI is InChI=1S/C28H32N2O5/c31-23-8-7-18(13-24(23)32)14-25-28(35)11-9-20(15-19(28)10-12-29(25)16-17-5-6-17)30-26(33)21-3-1-2-4-22(21)27(30)34/h1-4,7-8,13,17,19-20,25,31-32,35H,5-6,9-12,14-16H2/t19?,20?,25-,28?/m1/s1. The van der Waals surface area contributed by atoms with E-state index in [-0.39, 0.29) is 41.3 Å². The number of rotatable bonds is 5. The summed E-state index contributed by atoms with van der Waals surface area (Å²) in [6, 6.07) is 11.6. The molecule has 35 heavy (non-hydrogen) atoms. The van der Waals surface area contributed by atoms with Crippen molar-refractivity contribution in [1.29, 1.82) is 0 Å². The molecule has 2 aromatic rings. The Morgan fingerprint density at radius 3 is 2.29 bits per heavy atom. The number of carbonyl (C=O) groups is 2. The number of imide groups is 1. The third-order valence-corrected chi connectivity index (χ3v) is 8.77. The third kappa shape index (κ3) is 3.81. The maximum absolute atomic E-state index is 13.1. The van der Waals surface area contributed by atoms with Gasteiger partial charge in [0, 0.05) is 18.6 Å². The van der Waals surface area contributed by atoms with Crippen LogP contribution in [0.1, 0.15) is 64.8 Å². The molecular formula is C28H32N2O5. The molecular weight excluding hydrogens is 444 g/mol. The Labute approximate surface area is 205 Å². The molecule has 2 heterocycles. The van der Waals surface area contributed by atoms with Crippen LogP contribution in [-0.2, 0) is 6.42 Å². The van der Waals surface area contributed by atoms with Gasteiger partial charge < -0.3 is 15.3 Å². The number of amides is 2. The first-order valence-corrected chi connectivity index (χ1v) is 12.8. The van der Waals surface area contributed by atoms with Crippen LogP contribution in [0.15, 0.2) is 42.5 Å². The predicted molar refractivity (Wildman–Crippen MR) is 129 cm³/mol. The van der Waals surface area contributed by atoms with Crippen LogP contribution in [0.3, 0.4) is 0 Å². The van der Waals surface area contributed by atoms with Crippen molar-refractivity contribution in [3.05, 3.63) is 59.2 Å². The first-order chi connectivity index (χ1) is 16.8. The van der Waals surface area contributed by atoms with Crippen LogP contribution in [0.25, 0.3) is 0 Å². The van der Waals surface area contributed by atoms with E-state index in [1.54, 1.807) is 30.3 Å². The molecule has 2 amide bonds. The molecule has 3 unspecified atom stereocenters. The van der Waals surface area contributed by atoms with Crippen molar-refractivity contribution in [2.45, 2.75) is 62.6 Å². The molecule has 2 aliphatic carbocycles. The van der Waals surface area contributed by atoms with Gasteiger partial charge in [0.1, 0.15) is 0 Å². The molecule has 3 N–H and O–H groups in total. The monoisotopic (exact) mass is 476 g/mol. The lowest BCUT2D eigenvalue weighted by molar-refractivity contribution is -0.149. The normalized spacial score (nSPS) is 30.9. The lowest BCUT2D eigenvalue weighted by Gasteiger charge is -2.55. The number of piperidine rings is 1. The minimum atomic E-state index is -0.935. The van der Waals surface area contributed by atoms with E-state index in [0.29, 0.717) is 42.7 Å². The van der Waals surface area contributed by atoms with Gasteiger partial charge in [0.05, 0.1) is 16.7 Å².